The molecular weight excluding hydrogens is 246 g/mol. The molecule has 104 valence electrons. The minimum absolute atomic E-state index is 0.200. The average molecular weight is 266 g/mol. The topological polar surface area (TPSA) is 15.3 Å². The summed E-state index contributed by atoms with van der Waals surface area (Å²) in [4.78, 5) is 2.20. The van der Waals surface area contributed by atoms with E-state index in [4.69, 9.17) is 0 Å². The molecule has 19 heavy (non-hydrogen) atoms. The van der Waals surface area contributed by atoms with Crippen molar-refractivity contribution in [2.75, 3.05) is 19.6 Å². The van der Waals surface area contributed by atoms with Gasteiger partial charge >= 0.3 is 0 Å². The van der Waals surface area contributed by atoms with Gasteiger partial charge in [0.1, 0.15) is 11.6 Å². The third-order valence-corrected chi connectivity index (χ3v) is 4.59. The Balaban J connectivity index is 1.79. The second kappa shape index (κ2) is 5.17. The SMILES string of the molecule is CC(c1c(F)cccc1F)N1CC2CCCNC2C1. The van der Waals surface area contributed by atoms with Crippen LogP contribution in [0.5, 0.6) is 0 Å². The van der Waals surface area contributed by atoms with E-state index in [1.807, 2.05) is 6.92 Å². The molecule has 0 aliphatic carbocycles. The molecule has 1 N–H and O–H groups in total. The first-order chi connectivity index (χ1) is 9.16. The predicted molar refractivity (Wildman–Crippen MR) is 70.9 cm³/mol. The van der Waals surface area contributed by atoms with Crippen LogP contribution in [0.25, 0.3) is 0 Å². The van der Waals surface area contributed by atoms with Crippen LogP contribution in [0, 0.1) is 17.6 Å². The van der Waals surface area contributed by atoms with Gasteiger partial charge in [0, 0.05) is 30.7 Å². The molecule has 1 aromatic rings. The average Bonchev–Trinajstić information content (AvgIpc) is 2.82. The summed E-state index contributed by atoms with van der Waals surface area (Å²) < 4.78 is 27.7. The van der Waals surface area contributed by atoms with Gasteiger partial charge in [0.15, 0.2) is 0 Å². The highest BCUT2D eigenvalue weighted by molar-refractivity contribution is 5.23. The molecule has 2 fully saturated rings. The van der Waals surface area contributed by atoms with Crippen molar-refractivity contribution in [3.63, 3.8) is 0 Å². The number of nitrogens with zero attached hydrogens (tertiary/aromatic N) is 1. The number of nitrogens with one attached hydrogen (secondary N) is 1. The molecule has 2 aliphatic heterocycles. The minimum Gasteiger partial charge on any atom is -0.312 e. The van der Waals surface area contributed by atoms with Crippen molar-refractivity contribution in [3.8, 4) is 0 Å². The van der Waals surface area contributed by atoms with Gasteiger partial charge in [0.2, 0.25) is 0 Å². The summed E-state index contributed by atoms with van der Waals surface area (Å²) in [5.41, 5.74) is 0.209. The Labute approximate surface area is 112 Å². The lowest BCUT2D eigenvalue weighted by Gasteiger charge is -2.25. The fraction of sp³-hybridized carbons (Fsp3) is 0.600. The predicted octanol–water partition coefficient (Wildman–Crippen LogP) is 2.71. The smallest absolute Gasteiger partial charge is 0.130 e. The molecule has 0 radical (unpaired) electrons. The highest BCUT2D eigenvalue weighted by atomic mass is 19.1. The number of piperidine rings is 1. The summed E-state index contributed by atoms with van der Waals surface area (Å²) in [6, 6.07) is 4.40. The van der Waals surface area contributed by atoms with Crippen molar-refractivity contribution >= 4 is 0 Å². The lowest BCUT2D eigenvalue weighted by atomic mass is 9.94. The van der Waals surface area contributed by atoms with Gasteiger partial charge in [-0.25, -0.2) is 8.78 Å². The number of hydrogen-bond donors (Lipinski definition) is 1. The molecule has 2 nitrogen and oxygen atoms in total. The van der Waals surface area contributed by atoms with Crippen LogP contribution in [0.2, 0.25) is 0 Å². The molecule has 0 saturated carbocycles. The third-order valence-electron chi connectivity index (χ3n) is 4.59. The van der Waals surface area contributed by atoms with Gasteiger partial charge in [-0.1, -0.05) is 6.07 Å². The van der Waals surface area contributed by atoms with Crippen LogP contribution in [-0.4, -0.2) is 30.6 Å². The molecule has 0 spiro atoms. The Kier molecular flexibility index (Phi) is 3.54. The van der Waals surface area contributed by atoms with E-state index in [0.29, 0.717) is 12.0 Å². The van der Waals surface area contributed by atoms with Crippen LogP contribution >= 0.6 is 0 Å². The van der Waals surface area contributed by atoms with Crippen molar-refractivity contribution < 1.29 is 8.78 Å². The van der Waals surface area contributed by atoms with E-state index in [9.17, 15) is 8.78 Å². The second-order valence-electron chi connectivity index (χ2n) is 5.73. The second-order valence-corrected chi connectivity index (χ2v) is 5.73. The van der Waals surface area contributed by atoms with Crippen LogP contribution in [0.15, 0.2) is 18.2 Å². The van der Waals surface area contributed by atoms with E-state index in [1.165, 1.54) is 31.0 Å². The van der Waals surface area contributed by atoms with Crippen LogP contribution in [0.3, 0.4) is 0 Å². The first-order valence-electron chi connectivity index (χ1n) is 7.08. The van der Waals surface area contributed by atoms with Gasteiger partial charge < -0.3 is 5.32 Å². The molecule has 3 atom stereocenters. The summed E-state index contributed by atoms with van der Waals surface area (Å²) in [7, 11) is 0. The Morgan fingerprint density at radius 3 is 2.68 bits per heavy atom. The number of fused-ring (bicyclic) bond motifs is 1. The number of rotatable bonds is 2. The normalized spacial score (nSPS) is 29.2. The standard InChI is InChI=1S/C15H20F2N2/c1-10(15-12(16)5-2-6-13(15)17)19-8-11-4-3-7-18-14(11)9-19/h2,5-6,10-11,14,18H,3-4,7-9H2,1H3. The number of hydrogen-bond acceptors (Lipinski definition) is 2. The lowest BCUT2D eigenvalue weighted by molar-refractivity contribution is 0.240. The molecule has 2 aliphatic rings. The van der Waals surface area contributed by atoms with E-state index < -0.39 is 11.6 Å². The van der Waals surface area contributed by atoms with Gasteiger partial charge in [0.25, 0.3) is 0 Å². The summed E-state index contributed by atoms with van der Waals surface area (Å²) in [6.45, 7) is 4.79. The van der Waals surface area contributed by atoms with Gasteiger partial charge in [-0.05, 0) is 44.4 Å². The van der Waals surface area contributed by atoms with E-state index in [0.717, 1.165) is 19.6 Å². The summed E-state index contributed by atoms with van der Waals surface area (Å²) >= 11 is 0. The summed E-state index contributed by atoms with van der Waals surface area (Å²) in [6.07, 6.45) is 2.43. The quantitative estimate of drug-likeness (QED) is 0.885. The van der Waals surface area contributed by atoms with Crippen molar-refractivity contribution in [1.82, 2.24) is 10.2 Å². The van der Waals surface area contributed by atoms with Gasteiger partial charge in [-0.2, -0.15) is 0 Å². The molecule has 2 saturated heterocycles. The highest BCUT2D eigenvalue weighted by Gasteiger charge is 2.37. The maximum Gasteiger partial charge on any atom is 0.130 e. The molecule has 3 unspecified atom stereocenters. The van der Waals surface area contributed by atoms with Crippen molar-refractivity contribution in [2.45, 2.75) is 31.8 Å². The number of benzene rings is 1. The molecule has 0 amide bonds. The summed E-state index contributed by atoms with van der Waals surface area (Å²) in [5.74, 6) is -0.239. The molecule has 0 aromatic heterocycles. The minimum atomic E-state index is -0.435. The highest BCUT2D eigenvalue weighted by Crippen LogP contribution is 2.33. The molecule has 3 rings (SSSR count). The maximum absolute atomic E-state index is 13.8. The Hall–Kier alpha value is -1.00. The van der Waals surface area contributed by atoms with Crippen molar-refractivity contribution in [1.29, 1.82) is 0 Å². The Morgan fingerprint density at radius 1 is 1.26 bits per heavy atom. The van der Waals surface area contributed by atoms with Gasteiger partial charge in [-0.15, -0.1) is 0 Å². The van der Waals surface area contributed by atoms with E-state index in [-0.39, 0.29) is 11.6 Å². The maximum atomic E-state index is 13.8. The monoisotopic (exact) mass is 266 g/mol. The van der Waals surface area contributed by atoms with Crippen LogP contribution in [0.1, 0.15) is 31.4 Å². The number of halogens is 2. The molecule has 2 heterocycles. The molecular formula is C15H20F2N2. The van der Waals surface area contributed by atoms with Crippen molar-refractivity contribution in [2.24, 2.45) is 5.92 Å². The van der Waals surface area contributed by atoms with Crippen LogP contribution < -0.4 is 5.32 Å². The molecule has 1 aromatic carbocycles. The third kappa shape index (κ3) is 2.39. The van der Waals surface area contributed by atoms with E-state index >= 15 is 0 Å². The fourth-order valence-electron chi connectivity index (χ4n) is 3.49. The first kappa shape index (κ1) is 13.0. The lowest BCUT2D eigenvalue weighted by Crippen LogP contribution is -2.40. The fourth-order valence-corrected chi connectivity index (χ4v) is 3.49. The largest absolute Gasteiger partial charge is 0.312 e. The van der Waals surface area contributed by atoms with Crippen LogP contribution in [0.4, 0.5) is 8.78 Å². The zero-order chi connectivity index (χ0) is 13.4. The zero-order valence-electron chi connectivity index (χ0n) is 11.2. The molecule has 4 heteroatoms. The Morgan fingerprint density at radius 2 is 2.00 bits per heavy atom. The Bertz CT molecular complexity index is 429. The first-order valence-corrected chi connectivity index (χ1v) is 7.08. The van der Waals surface area contributed by atoms with Gasteiger partial charge in [-0.3, -0.25) is 4.90 Å². The van der Waals surface area contributed by atoms with Gasteiger partial charge in [0.05, 0.1) is 0 Å². The van der Waals surface area contributed by atoms with E-state index in [1.54, 1.807) is 0 Å². The van der Waals surface area contributed by atoms with Crippen LogP contribution in [-0.2, 0) is 0 Å². The van der Waals surface area contributed by atoms with E-state index in [2.05, 4.69) is 10.2 Å². The zero-order valence-corrected chi connectivity index (χ0v) is 11.2. The molecule has 0 bridgehead atoms. The number of likely N-dealkylation sites (tertiary alicyclic amines) is 1. The van der Waals surface area contributed by atoms with Crippen molar-refractivity contribution in [3.05, 3.63) is 35.4 Å². The summed E-state index contributed by atoms with van der Waals surface area (Å²) in [5, 5.41) is 3.52.